The number of aromatic nitrogens is 4. The molecule has 0 spiro atoms. The van der Waals surface area contributed by atoms with E-state index in [2.05, 4.69) is 21.1 Å². The van der Waals surface area contributed by atoms with Gasteiger partial charge < -0.3 is 10.5 Å². The Kier molecular flexibility index (Phi) is 5.37. The van der Waals surface area contributed by atoms with Crippen molar-refractivity contribution in [3.63, 3.8) is 0 Å². The maximum Gasteiger partial charge on any atom is 0.166 e. The highest BCUT2D eigenvalue weighted by atomic mass is 16.5. The van der Waals surface area contributed by atoms with Gasteiger partial charge in [0, 0.05) is 30.5 Å². The summed E-state index contributed by atoms with van der Waals surface area (Å²) in [6.45, 7) is 1.75. The number of hydrogen-bond acceptors (Lipinski definition) is 7. The summed E-state index contributed by atoms with van der Waals surface area (Å²) in [4.78, 5) is 9.02. The fourth-order valence-corrected chi connectivity index (χ4v) is 3.15. The standard InChI is InChI=1S/C21H23N7O/c1-29-10-9-27-14-17(12-25-27)20-7-5-18(22)21(26-20)28(23)13-15-4-6-19-16(11-15)3-2-8-24-19/h2-8,11-12,14H,9-10,13,22-23H2,1H3. The number of methoxy groups -OCH3 is 1. The smallest absolute Gasteiger partial charge is 0.166 e. The summed E-state index contributed by atoms with van der Waals surface area (Å²) in [5, 5.41) is 6.97. The second-order valence-corrected chi connectivity index (χ2v) is 6.75. The minimum atomic E-state index is 0.471. The molecule has 0 bridgehead atoms. The summed E-state index contributed by atoms with van der Waals surface area (Å²) in [7, 11) is 1.67. The first-order chi connectivity index (χ1) is 14.1. The third-order valence-corrected chi connectivity index (χ3v) is 4.65. The van der Waals surface area contributed by atoms with Gasteiger partial charge in [0.1, 0.15) is 0 Å². The molecule has 0 atom stereocenters. The molecule has 4 aromatic rings. The Balaban J connectivity index is 1.56. The number of pyridine rings is 2. The molecule has 4 N–H and O–H groups in total. The van der Waals surface area contributed by atoms with Crippen LogP contribution in [-0.4, -0.2) is 33.5 Å². The predicted molar refractivity (Wildman–Crippen MR) is 114 cm³/mol. The third-order valence-electron chi connectivity index (χ3n) is 4.65. The SMILES string of the molecule is COCCn1cc(-c2ccc(N)c(N(N)Cc3ccc4ncccc4c3)n2)cn1. The molecule has 1 aromatic carbocycles. The molecular weight excluding hydrogens is 366 g/mol. The van der Waals surface area contributed by atoms with E-state index in [1.54, 1.807) is 24.5 Å². The van der Waals surface area contributed by atoms with Crippen LogP contribution in [0.3, 0.4) is 0 Å². The Labute approximate surface area is 168 Å². The number of benzene rings is 1. The largest absolute Gasteiger partial charge is 0.396 e. The van der Waals surface area contributed by atoms with Gasteiger partial charge in [0.15, 0.2) is 5.82 Å². The van der Waals surface area contributed by atoms with E-state index in [-0.39, 0.29) is 0 Å². The quantitative estimate of drug-likeness (QED) is 0.369. The Morgan fingerprint density at radius 1 is 1.17 bits per heavy atom. The number of fused-ring (bicyclic) bond motifs is 1. The van der Waals surface area contributed by atoms with E-state index in [1.807, 2.05) is 47.3 Å². The zero-order valence-corrected chi connectivity index (χ0v) is 16.2. The molecule has 148 valence electrons. The lowest BCUT2D eigenvalue weighted by atomic mass is 10.1. The van der Waals surface area contributed by atoms with Crippen molar-refractivity contribution in [1.29, 1.82) is 0 Å². The van der Waals surface area contributed by atoms with Gasteiger partial charge in [-0.1, -0.05) is 12.1 Å². The molecule has 0 aliphatic carbocycles. The number of nitrogens with zero attached hydrogens (tertiary/aromatic N) is 5. The highest BCUT2D eigenvalue weighted by molar-refractivity contribution is 5.79. The number of rotatable bonds is 7. The monoisotopic (exact) mass is 389 g/mol. The molecule has 8 heteroatoms. The van der Waals surface area contributed by atoms with E-state index in [0.717, 1.165) is 27.7 Å². The fourth-order valence-electron chi connectivity index (χ4n) is 3.15. The maximum atomic E-state index is 6.33. The Morgan fingerprint density at radius 2 is 2.07 bits per heavy atom. The Morgan fingerprint density at radius 3 is 2.93 bits per heavy atom. The topological polar surface area (TPSA) is 108 Å². The van der Waals surface area contributed by atoms with Crippen molar-refractivity contribution in [3.8, 4) is 11.3 Å². The molecule has 8 nitrogen and oxygen atoms in total. The van der Waals surface area contributed by atoms with Crippen LogP contribution in [0.15, 0.2) is 61.1 Å². The average molecular weight is 389 g/mol. The van der Waals surface area contributed by atoms with E-state index in [4.69, 9.17) is 16.3 Å². The van der Waals surface area contributed by atoms with Crippen LogP contribution in [0.25, 0.3) is 22.2 Å². The number of nitrogens with two attached hydrogens (primary N) is 2. The van der Waals surface area contributed by atoms with Crippen molar-refractivity contribution in [2.24, 2.45) is 5.84 Å². The first-order valence-electron chi connectivity index (χ1n) is 9.28. The molecule has 0 saturated heterocycles. The molecule has 3 heterocycles. The molecule has 0 amide bonds. The summed E-state index contributed by atoms with van der Waals surface area (Å²) in [5.41, 5.74) is 10.3. The molecule has 0 unspecified atom stereocenters. The second kappa shape index (κ2) is 8.26. The summed E-state index contributed by atoms with van der Waals surface area (Å²) in [6, 6.07) is 13.7. The number of nitrogen functional groups attached to an aromatic ring is 1. The van der Waals surface area contributed by atoms with Gasteiger partial charge in [-0.25, -0.2) is 10.8 Å². The first-order valence-corrected chi connectivity index (χ1v) is 9.28. The van der Waals surface area contributed by atoms with Crippen molar-refractivity contribution in [2.75, 3.05) is 24.5 Å². The van der Waals surface area contributed by atoms with Gasteiger partial charge in [0.2, 0.25) is 0 Å². The third kappa shape index (κ3) is 4.18. The number of ether oxygens (including phenoxy) is 1. The average Bonchev–Trinajstić information content (AvgIpc) is 3.21. The molecule has 29 heavy (non-hydrogen) atoms. The van der Waals surface area contributed by atoms with Gasteiger partial charge in [0.05, 0.1) is 42.8 Å². The van der Waals surface area contributed by atoms with Crippen molar-refractivity contribution < 1.29 is 4.74 Å². The summed E-state index contributed by atoms with van der Waals surface area (Å²) in [6.07, 6.45) is 5.48. The zero-order valence-electron chi connectivity index (χ0n) is 16.2. The van der Waals surface area contributed by atoms with Crippen LogP contribution in [-0.2, 0) is 17.8 Å². The Hall–Kier alpha value is -3.49. The van der Waals surface area contributed by atoms with E-state index < -0.39 is 0 Å². The van der Waals surface area contributed by atoms with Crippen molar-refractivity contribution in [1.82, 2.24) is 19.7 Å². The lowest BCUT2D eigenvalue weighted by Gasteiger charge is -2.20. The van der Waals surface area contributed by atoms with Crippen molar-refractivity contribution in [3.05, 3.63) is 66.6 Å². The van der Waals surface area contributed by atoms with Crippen LogP contribution in [0.4, 0.5) is 11.5 Å². The minimum Gasteiger partial charge on any atom is -0.396 e. The van der Waals surface area contributed by atoms with Crippen LogP contribution in [0.5, 0.6) is 0 Å². The first kappa shape index (κ1) is 18.9. The van der Waals surface area contributed by atoms with Crippen LogP contribution in [0.2, 0.25) is 0 Å². The summed E-state index contributed by atoms with van der Waals surface area (Å²) in [5.74, 6) is 6.85. The van der Waals surface area contributed by atoms with Crippen LogP contribution in [0, 0.1) is 0 Å². The van der Waals surface area contributed by atoms with Gasteiger partial charge in [0.25, 0.3) is 0 Å². The molecule has 0 saturated carbocycles. The zero-order chi connectivity index (χ0) is 20.2. The van der Waals surface area contributed by atoms with Gasteiger partial charge in [-0.05, 0) is 35.9 Å². The van der Waals surface area contributed by atoms with Gasteiger partial charge >= 0.3 is 0 Å². The maximum absolute atomic E-state index is 6.33. The lowest BCUT2D eigenvalue weighted by Crippen LogP contribution is -2.31. The number of hydrazine groups is 1. The van der Waals surface area contributed by atoms with E-state index in [0.29, 0.717) is 31.2 Å². The van der Waals surface area contributed by atoms with Crippen LogP contribution in [0.1, 0.15) is 5.56 Å². The summed E-state index contributed by atoms with van der Waals surface area (Å²) < 4.78 is 6.91. The summed E-state index contributed by atoms with van der Waals surface area (Å²) >= 11 is 0. The van der Waals surface area contributed by atoms with E-state index in [9.17, 15) is 0 Å². The van der Waals surface area contributed by atoms with Crippen molar-refractivity contribution >= 4 is 22.4 Å². The van der Waals surface area contributed by atoms with Gasteiger partial charge in [-0.15, -0.1) is 0 Å². The normalized spacial score (nSPS) is 11.1. The highest BCUT2D eigenvalue weighted by Gasteiger charge is 2.12. The minimum absolute atomic E-state index is 0.471. The predicted octanol–water partition coefficient (Wildman–Crippen LogP) is 2.60. The van der Waals surface area contributed by atoms with Crippen LogP contribution >= 0.6 is 0 Å². The molecule has 0 fully saturated rings. The Bertz CT molecular complexity index is 1120. The van der Waals surface area contributed by atoms with E-state index in [1.165, 1.54) is 0 Å². The molecule has 3 aromatic heterocycles. The second-order valence-electron chi connectivity index (χ2n) is 6.75. The molecular formula is C21H23N7O. The van der Waals surface area contributed by atoms with Crippen LogP contribution < -0.4 is 16.6 Å². The molecule has 4 rings (SSSR count). The molecule has 0 aliphatic rings. The van der Waals surface area contributed by atoms with E-state index >= 15 is 0 Å². The van der Waals surface area contributed by atoms with Crippen molar-refractivity contribution in [2.45, 2.75) is 13.1 Å². The fraction of sp³-hybridized carbons (Fsp3) is 0.190. The molecule has 0 aliphatic heterocycles. The highest BCUT2D eigenvalue weighted by Crippen LogP contribution is 2.26. The number of hydrogen-bond donors (Lipinski definition) is 2. The molecule has 0 radical (unpaired) electrons. The van der Waals surface area contributed by atoms with Gasteiger partial charge in [-0.3, -0.25) is 14.7 Å². The van der Waals surface area contributed by atoms with Gasteiger partial charge in [-0.2, -0.15) is 5.10 Å². The lowest BCUT2D eigenvalue weighted by molar-refractivity contribution is 0.183. The number of anilines is 2.